The van der Waals surface area contributed by atoms with Crippen molar-refractivity contribution in [3.05, 3.63) is 0 Å². The van der Waals surface area contributed by atoms with Gasteiger partial charge in [0, 0.05) is 14.2 Å². The van der Waals surface area contributed by atoms with Gasteiger partial charge in [-0.2, -0.15) is 0 Å². The van der Waals surface area contributed by atoms with Gasteiger partial charge in [0.1, 0.15) is 4.84 Å². The third-order valence-corrected chi connectivity index (χ3v) is 1.46. The van der Waals surface area contributed by atoms with Crippen molar-refractivity contribution in [3.8, 4) is 0 Å². The molecule has 0 radical (unpaired) electrons. The molecule has 2 nitrogen and oxygen atoms in total. The number of aliphatic hydroxyl groups excluding tert-OH is 2. The van der Waals surface area contributed by atoms with E-state index < -0.39 is 0 Å². The van der Waals surface area contributed by atoms with Crippen LogP contribution in [0, 0.1) is 0 Å². The first-order chi connectivity index (χ1) is 5.77. The van der Waals surface area contributed by atoms with Crippen LogP contribution in [-0.4, -0.2) is 29.3 Å². The van der Waals surface area contributed by atoms with Gasteiger partial charge in [-0.25, -0.2) is 0 Å². The van der Waals surface area contributed by atoms with E-state index in [0.29, 0.717) is 0 Å². The van der Waals surface area contributed by atoms with E-state index in [4.69, 9.17) is 33.4 Å². The number of alkyl halides is 2. The van der Waals surface area contributed by atoms with Crippen molar-refractivity contribution < 1.29 is 10.2 Å². The zero-order valence-electron chi connectivity index (χ0n) is 8.06. The summed E-state index contributed by atoms with van der Waals surface area (Å²) < 4.78 is 0. The molecule has 12 heavy (non-hydrogen) atoms. The van der Waals surface area contributed by atoms with Crippen LogP contribution in [-0.2, 0) is 0 Å². The van der Waals surface area contributed by atoms with Gasteiger partial charge in [0.25, 0.3) is 0 Å². The minimum atomic E-state index is -0.151. The molecule has 0 unspecified atom stereocenters. The van der Waals surface area contributed by atoms with Crippen molar-refractivity contribution in [2.75, 3.05) is 14.2 Å². The minimum Gasteiger partial charge on any atom is -0.400 e. The summed E-state index contributed by atoms with van der Waals surface area (Å²) >= 11 is 11.0. The highest BCUT2D eigenvalue weighted by molar-refractivity contribution is 6.44. The van der Waals surface area contributed by atoms with Crippen LogP contribution in [0.2, 0.25) is 0 Å². The van der Waals surface area contributed by atoms with Crippen LogP contribution in [0.4, 0.5) is 0 Å². The van der Waals surface area contributed by atoms with Crippen molar-refractivity contribution >= 4 is 23.2 Å². The summed E-state index contributed by atoms with van der Waals surface area (Å²) in [6, 6.07) is 0. The Bertz CT molecular complexity index is 52.3. The maximum atomic E-state index is 7.00. The first-order valence-corrected chi connectivity index (χ1v) is 4.82. The molecule has 0 aliphatic rings. The highest BCUT2D eigenvalue weighted by Gasteiger charge is 1.95. The SMILES string of the molecule is CCCCCC(Cl)Cl.CO.CO. The summed E-state index contributed by atoms with van der Waals surface area (Å²) in [6.07, 6.45) is 4.58. The van der Waals surface area contributed by atoms with Crippen LogP contribution in [0.5, 0.6) is 0 Å². The number of unbranched alkanes of at least 4 members (excludes halogenated alkanes) is 2. The van der Waals surface area contributed by atoms with Crippen LogP contribution < -0.4 is 0 Å². The summed E-state index contributed by atoms with van der Waals surface area (Å²) in [7, 11) is 2.00. The second-order valence-electron chi connectivity index (χ2n) is 1.89. The number of hydrogen-bond acceptors (Lipinski definition) is 2. The van der Waals surface area contributed by atoms with Crippen LogP contribution >= 0.6 is 23.2 Å². The van der Waals surface area contributed by atoms with Crippen molar-refractivity contribution in [2.45, 2.75) is 37.4 Å². The van der Waals surface area contributed by atoms with Gasteiger partial charge in [-0.15, -0.1) is 23.2 Å². The highest BCUT2D eigenvalue weighted by atomic mass is 35.5. The topological polar surface area (TPSA) is 40.5 Å². The number of hydrogen-bond donors (Lipinski definition) is 2. The lowest BCUT2D eigenvalue weighted by Gasteiger charge is -1.96. The molecule has 0 aliphatic heterocycles. The van der Waals surface area contributed by atoms with E-state index in [1.54, 1.807) is 0 Å². The Hall–Kier alpha value is 0.500. The molecular weight excluding hydrogens is 199 g/mol. The lowest BCUT2D eigenvalue weighted by atomic mass is 10.2. The lowest BCUT2D eigenvalue weighted by Crippen LogP contribution is -1.84. The quantitative estimate of drug-likeness (QED) is 0.563. The molecule has 0 aromatic rings. The fourth-order valence-electron chi connectivity index (χ4n) is 0.549. The molecular formula is C8H20Cl2O2. The minimum absolute atomic E-state index is 0.151. The molecule has 0 rings (SSSR count). The Morgan fingerprint density at radius 3 is 1.67 bits per heavy atom. The summed E-state index contributed by atoms with van der Waals surface area (Å²) in [5, 5.41) is 14.0. The Morgan fingerprint density at radius 2 is 1.42 bits per heavy atom. The Morgan fingerprint density at radius 1 is 1.00 bits per heavy atom. The molecule has 0 atom stereocenters. The van der Waals surface area contributed by atoms with Crippen LogP contribution in [0.25, 0.3) is 0 Å². The van der Waals surface area contributed by atoms with Crippen molar-refractivity contribution in [2.24, 2.45) is 0 Å². The maximum Gasteiger partial charge on any atom is 0.107 e. The van der Waals surface area contributed by atoms with Gasteiger partial charge >= 0.3 is 0 Å². The van der Waals surface area contributed by atoms with Gasteiger partial charge < -0.3 is 10.2 Å². The molecule has 2 N–H and O–H groups in total. The van der Waals surface area contributed by atoms with Crippen molar-refractivity contribution in [3.63, 3.8) is 0 Å². The van der Waals surface area contributed by atoms with E-state index in [9.17, 15) is 0 Å². The summed E-state index contributed by atoms with van der Waals surface area (Å²) in [4.78, 5) is -0.151. The average Bonchev–Trinajstić information content (AvgIpc) is 2.12. The molecule has 0 saturated carbocycles. The van der Waals surface area contributed by atoms with E-state index >= 15 is 0 Å². The van der Waals surface area contributed by atoms with Crippen molar-refractivity contribution in [1.82, 2.24) is 0 Å². The maximum absolute atomic E-state index is 7.00. The second-order valence-corrected chi connectivity index (χ2v) is 3.16. The zero-order valence-corrected chi connectivity index (χ0v) is 9.57. The molecule has 0 aromatic heterocycles. The van der Waals surface area contributed by atoms with Crippen LogP contribution in [0.3, 0.4) is 0 Å². The third kappa shape index (κ3) is 31.3. The fourth-order valence-corrected chi connectivity index (χ4v) is 0.857. The van der Waals surface area contributed by atoms with E-state index in [1.165, 1.54) is 12.8 Å². The standard InChI is InChI=1S/C6H12Cl2.2CH4O/c1-2-3-4-5-6(7)8;2*1-2/h6H,2-5H2,1H3;2*2H,1H3. The molecule has 0 saturated heterocycles. The molecule has 78 valence electrons. The number of aliphatic hydroxyl groups is 2. The van der Waals surface area contributed by atoms with Crippen LogP contribution in [0.15, 0.2) is 0 Å². The lowest BCUT2D eigenvalue weighted by molar-refractivity contribution is 0.399. The molecule has 0 bridgehead atoms. The highest BCUT2D eigenvalue weighted by Crippen LogP contribution is 2.11. The Labute approximate surface area is 85.5 Å². The first-order valence-electron chi connectivity index (χ1n) is 3.95. The van der Waals surface area contributed by atoms with E-state index in [-0.39, 0.29) is 4.84 Å². The van der Waals surface area contributed by atoms with E-state index in [1.807, 2.05) is 0 Å². The molecule has 0 heterocycles. The Balaban J connectivity index is -0.000000175. The van der Waals surface area contributed by atoms with Crippen LogP contribution in [0.1, 0.15) is 32.6 Å². The second kappa shape index (κ2) is 22.5. The summed E-state index contributed by atoms with van der Waals surface area (Å²) in [6.45, 7) is 2.16. The largest absolute Gasteiger partial charge is 0.400 e. The smallest absolute Gasteiger partial charge is 0.107 e. The molecule has 0 aliphatic carbocycles. The summed E-state index contributed by atoms with van der Waals surface area (Å²) in [5.41, 5.74) is 0. The first kappa shape index (κ1) is 18.3. The van der Waals surface area contributed by atoms with Gasteiger partial charge in [-0.1, -0.05) is 26.2 Å². The molecule has 0 amide bonds. The molecule has 0 aromatic carbocycles. The van der Waals surface area contributed by atoms with Gasteiger partial charge in [0.15, 0.2) is 0 Å². The fraction of sp³-hybridized carbons (Fsp3) is 1.00. The average molecular weight is 219 g/mol. The third-order valence-electron chi connectivity index (χ3n) is 1.03. The molecule has 4 heteroatoms. The van der Waals surface area contributed by atoms with Gasteiger partial charge in [0.05, 0.1) is 0 Å². The molecule has 0 spiro atoms. The van der Waals surface area contributed by atoms with Gasteiger partial charge in [-0.3, -0.25) is 0 Å². The van der Waals surface area contributed by atoms with E-state index in [0.717, 1.165) is 27.1 Å². The van der Waals surface area contributed by atoms with Gasteiger partial charge in [0.2, 0.25) is 0 Å². The molecule has 0 fully saturated rings. The Kier molecular flexibility index (Phi) is 34.4. The number of halogens is 2. The van der Waals surface area contributed by atoms with E-state index in [2.05, 4.69) is 6.92 Å². The predicted molar refractivity (Wildman–Crippen MR) is 55.9 cm³/mol. The number of rotatable bonds is 4. The monoisotopic (exact) mass is 218 g/mol. The van der Waals surface area contributed by atoms with Gasteiger partial charge in [-0.05, 0) is 6.42 Å². The van der Waals surface area contributed by atoms with Crippen molar-refractivity contribution in [1.29, 1.82) is 0 Å². The zero-order chi connectivity index (χ0) is 10.4. The predicted octanol–water partition coefficient (Wildman–Crippen LogP) is 2.59. The summed E-state index contributed by atoms with van der Waals surface area (Å²) in [5.74, 6) is 0. The normalized spacial score (nSPS) is 8.00.